The number of anilines is 2. The topological polar surface area (TPSA) is 150 Å². The van der Waals surface area contributed by atoms with Gasteiger partial charge >= 0.3 is 0 Å². The maximum Gasteiger partial charge on any atom is 0.196 e. The molecule has 154 valence electrons. The number of rotatable bonds is 3. The molecule has 0 fully saturated rings. The molecule has 0 saturated heterocycles. The fourth-order valence-electron chi connectivity index (χ4n) is 3.52. The van der Waals surface area contributed by atoms with Crippen molar-refractivity contribution in [1.82, 2.24) is 15.0 Å². The molecule has 0 amide bonds. The summed E-state index contributed by atoms with van der Waals surface area (Å²) in [6.45, 7) is 0. The number of hydrogen-bond donors (Lipinski definition) is 2. The number of ketones is 2. The predicted octanol–water partition coefficient (Wildman–Crippen LogP) is 3.89. The highest BCUT2D eigenvalue weighted by molar-refractivity contribution is 6.29. The number of nitrogens with two attached hydrogens (primary N) is 2. The molecule has 5 rings (SSSR count). The molecule has 9 nitrogen and oxygen atoms in total. The number of azo groups is 1. The average Bonchev–Trinajstić information content (AvgIpc) is 2.82. The van der Waals surface area contributed by atoms with Gasteiger partial charge in [0.15, 0.2) is 34.7 Å². The lowest BCUT2D eigenvalue weighted by Gasteiger charge is -2.18. The number of benzene rings is 2. The first-order valence-electron chi connectivity index (χ1n) is 9.62. The second-order valence-electron chi connectivity index (χ2n) is 6.98. The van der Waals surface area contributed by atoms with Crippen LogP contribution in [0, 0.1) is 0 Å². The van der Waals surface area contributed by atoms with E-state index in [0.29, 0.717) is 16.8 Å². The first-order valence-corrected chi connectivity index (χ1v) is 9.62. The molecule has 4 aromatic rings. The molecule has 4 N–H and O–H groups in total. The zero-order valence-electron chi connectivity index (χ0n) is 16.6. The van der Waals surface area contributed by atoms with Gasteiger partial charge in [0, 0.05) is 22.9 Å². The summed E-state index contributed by atoms with van der Waals surface area (Å²) in [7, 11) is 0. The van der Waals surface area contributed by atoms with Crippen LogP contribution in [0.2, 0.25) is 0 Å². The van der Waals surface area contributed by atoms with Crippen LogP contribution in [0.3, 0.4) is 0 Å². The van der Waals surface area contributed by atoms with Crippen molar-refractivity contribution in [3.8, 4) is 11.5 Å². The lowest BCUT2D eigenvalue weighted by Crippen LogP contribution is -2.20. The second kappa shape index (κ2) is 7.47. The van der Waals surface area contributed by atoms with Crippen LogP contribution >= 0.6 is 0 Å². The Bertz CT molecular complexity index is 1410. The summed E-state index contributed by atoms with van der Waals surface area (Å²) < 4.78 is 0. The van der Waals surface area contributed by atoms with Crippen molar-refractivity contribution in [3.63, 3.8) is 0 Å². The van der Waals surface area contributed by atoms with Gasteiger partial charge in [0.1, 0.15) is 5.69 Å². The van der Waals surface area contributed by atoms with Gasteiger partial charge in [0.2, 0.25) is 0 Å². The first-order chi connectivity index (χ1) is 15.5. The number of carbonyl (C=O) groups is 2. The Labute approximate surface area is 181 Å². The maximum absolute atomic E-state index is 13.1. The van der Waals surface area contributed by atoms with Crippen LogP contribution in [-0.4, -0.2) is 26.5 Å². The smallest absolute Gasteiger partial charge is 0.196 e. The molecule has 0 unspecified atom stereocenters. The Hall–Kier alpha value is -4.79. The molecule has 2 heterocycles. The highest BCUT2D eigenvalue weighted by Gasteiger charge is 2.31. The number of fused-ring (bicyclic) bond motifs is 2. The SMILES string of the molecule is Nc1nc(-c2ccccn2)nc(N)c1N=Nc1cccc2c1C(=O)c1ccccc1C2=O. The number of nitrogen functional groups attached to an aromatic ring is 2. The second-order valence-corrected chi connectivity index (χ2v) is 6.98. The highest BCUT2D eigenvalue weighted by Crippen LogP contribution is 2.35. The lowest BCUT2D eigenvalue weighted by atomic mass is 9.83. The summed E-state index contributed by atoms with van der Waals surface area (Å²) in [4.78, 5) is 38.6. The van der Waals surface area contributed by atoms with E-state index in [2.05, 4.69) is 25.2 Å². The minimum atomic E-state index is -0.299. The maximum atomic E-state index is 13.1. The molecular formula is C23H15N7O2. The van der Waals surface area contributed by atoms with Crippen LogP contribution < -0.4 is 11.5 Å². The highest BCUT2D eigenvalue weighted by atomic mass is 16.1. The summed E-state index contributed by atoms with van der Waals surface area (Å²) in [6, 6.07) is 16.8. The Morgan fingerprint density at radius 1 is 0.688 bits per heavy atom. The van der Waals surface area contributed by atoms with Gasteiger partial charge < -0.3 is 11.5 Å². The molecule has 0 bridgehead atoms. The molecular weight excluding hydrogens is 406 g/mol. The number of aromatic nitrogens is 3. The fraction of sp³-hybridized carbons (Fsp3) is 0. The van der Waals surface area contributed by atoms with Gasteiger partial charge in [0.05, 0.1) is 11.3 Å². The van der Waals surface area contributed by atoms with Gasteiger partial charge in [-0.3, -0.25) is 14.6 Å². The molecule has 0 aliphatic heterocycles. The third-order valence-corrected chi connectivity index (χ3v) is 5.02. The van der Waals surface area contributed by atoms with E-state index in [1.807, 2.05) is 0 Å². The largest absolute Gasteiger partial charge is 0.382 e. The number of carbonyl (C=O) groups excluding carboxylic acids is 2. The Balaban J connectivity index is 1.56. The predicted molar refractivity (Wildman–Crippen MR) is 118 cm³/mol. The van der Waals surface area contributed by atoms with Crippen LogP contribution in [-0.2, 0) is 0 Å². The van der Waals surface area contributed by atoms with Crippen LogP contribution in [0.15, 0.2) is 77.1 Å². The molecule has 0 radical (unpaired) electrons. The molecule has 2 aromatic carbocycles. The fourth-order valence-corrected chi connectivity index (χ4v) is 3.52. The van der Waals surface area contributed by atoms with Gasteiger partial charge in [0.25, 0.3) is 0 Å². The van der Waals surface area contributed by atoms with Crippen molar-refractivity contribution in [1.29, 1.82) is 0 Å². The van der Waals surface area contributed by atoms with Crippen LogP contribution in [0.25, 0.3) is 11.5 Å². The van der Waals surface area contributed by atoms with Gasteiger partial charge in [-0.1, -0.05) is 42.5 Å². The molecule has 0 atom stereocenters. The van der Waals surface area contributed by atoms with Crippen molar-refractivity contribution in [2.45, 2.75) is 0 Å². The first kappa shape index (κ1) is 19.2. The average molecular weight is 421 g/mol. The van der Waals surface area contributed by atoms with Crippen LogP contribution in [0.5, 0.6) is 0 Å². The molecule has 0 saturated carbocycles. The van der Waals surface area contributed by atoms with Crippen molar-refractivity contribution in [2.24, 2.45) is 10.2 Å². The van der Waals surface area contributed by atoms with E-state index in [-0.39, 0.29) is 51.5 Å². The van der Waals surface area contributed by atoms with E-state index in [4.69, 9.17) is 11.5 Å². The Morgan fingerprint density at radius 3 is 2.03 bits per heavy atom. The van der Waals surface area contributed by atoms with Crippen molar-refractivity contribution in [2.75, 3.05) is 11.5 Å². The molecule has 0 spiro atoms. The summed E-state index contributed by atoms with van der Waals surface area (Å²) in [6.07, 6.45) is 1.60. The normalized spacial score (nSPS) is 12.6. The van der Waals surface area contributed by atoms with Crippen molar-refractivity contribution >= 4 is 34.6 Å². The monoisotopic (exact) mass is 421 g/mol. The Kier molecular flexibility index (Phi) is 4.48. The summed E-state index contributed by atoms with van der Waals surface area (Å²) >= 11 is 0. The van der Waals surface area contributed by atoms with E-state index in [0.717, 1.165) is 0 Å². The van der Waals surface area contributed by atoms with Crippen molar-refractivity contribution in [3.05, 3.63) is 89.1 Å². The number of hydrogen-bond acceptors (Lipinski definition) is 9. The summed E-state index contributed by atoms with van der Waals surface area (Å²) in [5.41, 5.74) is 14.0. The standard InChI is InChI=1S/C23H15N7O2/c24-21-18(22(25)28-23(27-21)16-9-3-4-11-26-16)30-29-15-10-5-8-14-17(15)20(32)13-7-2-1-6-12(13)19(14)31/h1-11H,(H4,24,25,27,28). The summed E-state index contributed by atoms with van der Waals surface area (Å²) in [5, 5.41) is 8.27. The van der Waals surface area contributed by atoms with Gasteiger partial charge in [-0.25, -0.2) is 9.97 Å². The Morgan fingerprint density at radius 2 is 1.34 bits per heavy atom. The summed E-state index contributed by atoms with van der Waals surface area (Å²) in [5.74, 6) is -0.255. The number of pyridine rings is 1. The van der Waals surface area contributed by atoms with Gasteiger partial charge in [-0.2, -0.15) is 0 Å². The minimum absolute atomic E-state index is 0.0134. The van der Waals surface area contributed by atoms with E-state index in [1.165, 1.54) is 0 Å². The molecule has 1 aliphatic rings. The van der Waals surface area contributed by atoms with E-state index >= 15 is 0 Å². The van der Waals surface area contributed by atoms with E-state index < -0.39 is 0 Å². The van der Waals surface area contributed by atoms with Crippen LogP contribution in [0.1, 0.15) is 31.8 Å². The zero-order valence-corrected chi connectivity index (χ0v) is 16.6. The molecule has 9 heteroatoms. The van der Waals surface area contributed by atoms with Gasteiger partial charge in [-0.15, -0.1) is 10.2 Å². The zero-order chi connectivity index (χ0) is 22.2. The minimum Gasteiger partial charge on any atom is -0.382 e. The van der Waals surface area contributed by atoms with Gasteiger partial charge in [-0.05, 0) is 18.2 Å². The third-order valence-electron chi connectivity index (χ3n) is 5.02. The van der Waals surface area contributed by atoms with Crippen LogP contribution in [0.4, 0.5) is 23.0 Å². The van der Waals surface area contributed by atoms with E-state index in [1.54, 1.807) is 66.9 Å². The molecule has 32 heavy (non-hydrogen) atoms. The molecule has 2 aromatic heterocycles. The van der Waals surface area contributed by atoms with E-state index in [9.17, 15) is 9.59 Å². The number of nitrogens with zero attached hydrogens (tertiary/aromatic N) is 5. The quantitative estimate of drug-likeness (QED) is 0.419. The third kappa shape index (κ3) is 3.08. The van der Waals surface area contributed by atoms with Crippen molar-refractivity contribution < 1.29 is 9.59 Å². The molecule has 1 aliphatic carbocycles. The lowest BCUT2D eigenvalue weighted by molar-refractivity contribution is 0.0979.